The lowest BCUT2D eigenvalue weighted by molar-refractivity contribution is -0.433. The Morgan fingerprint density at radius 3 is 2.24 bits per heavy atom. The van der Waals surface area contributed by atoms with Crippen molar-refractivity contribution in [2.45, 2.75) is 64.7 Å². The first-order chi connectivity index (χ1) is 26.1. The van der Waals surface area contributed by atoms with Crippen LogP contribution in [0, 0.1) is 0 Å². The molecule has 55 heavy (non-hydrogen) atoms. The van der Waals surface area contributed by atoms with Crippen molar-refractivity contribution in [1.82, 2.24) is 5.32 Å². The fraction of sp³-hybridized carbons (Fsp3) is 0.311. The Kier molecular flexibility index (Phi) is 10.2. The van der Waals surface area contributed by atoms with Gasteiger partial charge in [0.2, 0.25) is 21.6 Å². The van der Waals surface area contributed by atoms with Gasteiger partial charge in [0.05, 0.1) is 11.7 Å². The molecule has 0 aromatic heterocycles. The number of likely N-dealkylation sites (N-methyl/N-ethyl adjacent to an activating group) is 1. The third kappa shape index (κ3) is 7.16. The number of carbonyl (C=O) groups excluding carboxylic acids is 1. The molecule has 284 valence electrons. The number of hydrogen-bond acceptors (Lipinski definition) is 5. The average molecular weight is 775 g/mol. The van der Waals surface area contributed by atoms with Gasteiger partial charge in [-0.2, -0.15) is 8.97 Å². The lowest BCUT2D eigenvalue weighted by atomic mass is 9.78. The zero-order valence-corrected chi connectivity index (χ0v) is 33.8. The molecule has 0 spiro atoms. The molecule has 0 radical (unpaired) electrons. The van der Waals surface area contributed by atoms with Crippen LogP contribution in [0.5, 0.6) is 0 Å². The molecule has 10 heteroatoms. The Balaban J connectivity index is 1.29. The number of halogens is 1. The number of anilines is 1. The molecule has 0 saturated heterocycles. The van der Waals surface area contributed by atoms with Crippen LogP contribution in [0.2, 0.25) is 0 Å². The normalized spacial score (nSPS) is 19.7. The van der Waals surface area contributed by atoms with Crippen LogP contribution >= 0.6 is 11.6 Å². The van der Waals surface area contributed by atoms with Crippen LogP contribution in [0.4, 0.5) is 11.4 Å². The summed E-state index contributed by atoms with van der Waals surface area (Å²) in [6.07, 6.45) is 11.7. The summed E-state index contributed by atoms with van der Waals surface area (Å²) in [6, 6.07) is 24.8. The average Bonchev–Trinajstić information content (AvgIpc) is 3.47. The van der Waals surface area contributed by atoms with Crippen molar-refractivity contribution in [3.63, 3.8) is 0 Å². The van der Waals surface area contributed by atoms with Crippen molar-refractivity contribution in [2.75, 3.05) is 30.8 Å². The fourth-order valence-corrected chi connectivity index (χ4v) is 9.47. The van der Waals surface area contributed by atoms with Crippen molar-refractivity contribution in [3.05, 3.63) is 130 Å². The second-order valence-corrected chi connectivity index (χ2v) is 17.6. The molecule has 0 bridgehead atoms. The Morgan fingerprint density at radius 1 is 0.909 bits per heavy atom. The van der Waals surface area contributed by atoms with Gasteiger partial charge in [-0.05, 0) is 96.5 Å². The summed E-state index contributed by atoms with van der Waals surface area (Å²) >= 11 is 7.25. The second-order valence-electron chi connectivity index (χ2n) is 15.6. The maximum absolute atomic E-state index is 13.0. The van der Waals surface area contributed by atoms with Gasteiger partial charge < -0.3 is 15.3 Å². The molecule has 8 nitrogen and oxygen atoms in total. The van der Waals surface area contributed by atoms with Crippen LogP contribution in [-0.2, 0) is 25.6 Å². The predicted octanol–water partition coefficient (Wildman–Crippen LogP) is 8.06. The van der Waals surface area contributed by atoms with Crippen LogP contribution in [0.15, 0.2) is 123 Å². The van der Waals surface area contributed by atoms with Gasteiger partial charge in [0.1, 0.15) is 6.54 Å². The van der Waals surface area contributed by atoms with Crippen molar-refractivity contribution < 1.29 is 22.9 Å². The van der Waals surface area contributed by atoms with Gasteiger partial charge in [-0.15, -0.1) is 0 Å². The highest BCUT2D eigenvalue weighted by Crippen LogP contribution is 2.51. The second kappa shape index (κ2) is 14.6. The number of fused-ring (bicyclic) bond motifs is 6. The molecule has 1 amide bonds. The van der Waals surface area contributed by atoms with Gasteiger partial charge in [0.25, 0.3) is 0 Å². The van der Waals surface area contributed by atoms with Crippen LogP contribution in [0.25, 0.3) is 21.5 Å². The quantitative estimate of drug-likeness (QED) is 0.105. The standard InChI is InChI=1S/C45H47ClN4O4S/c1-7-47-39(51)27-49-35-23-19-29-13-8-10-17-33(29)41(35)44(2,3)37(49)25-21-31-15-12-16-32(43(31)46)22-26-38-45(4,5)42-34-18-11-9-14-30(34)20-24-36(42)50(38)28-40(52)48-55(6,53)54/h8-11,13-14,17-26H,7,12,15-16,27-28H2,1-6H3,(H-,47,48,51,52). The molecular formula is C45H47ClN4O4S. The summed E-state index contributed by atoms with van der Waals surface area (Å²) in [4.78, 5) is 15.2. The van der Waals surface area contributed by atoms with E-state index in [9.17, 15) is 18.3 Å². The van der Waals surface area contributed by atoms with E-state index < -0.39 is 21.3 Å². The lowest BCUT2D eigenvalue weighted by Gasteiger charge is -2.27. The highest BCUT2D eigenvalue weighted by molar-refractivity contribution is 7.89. The zero-order valence-electron chi connectivity index (χ0n) is 32.2. The molecule has 2 heterocycles. The van der Waals surface area contributed by atoms with Crippen molar-refractivity contribution >= 4 is 72.1 Å². The minimum absolute atomic E-state index is 0.0379. The summed E-state index contributed by atoms with van der Waals surface area (Å²) in [7, 11) is -3.86. The van der Waals surface area contributed by atoms with Crippen LogP contribution in [0.3, 0.4) is 0 Å². The van der Waals surface area contributed by atoms with E-state index in [-0.39, 0.29) is 24.4 Å². The summed E-state index contributed by atoms with van der Waals surface area (Å²) in [5.41, 5.74) is 7.11. The molecule has 1 N–H and O–H groups in total. The van der Waals surface area contributed by atoms with Crippen LogP contribution in [0.1, 0.15) is 65.0 Å². The maximum atomic E-state index is 13.0. The number of amides is 1. The molecule has 0 fully saturated rings. The molecule has 0 saturated carbocycles. The minimum atomic E-state index is -3.86. The molecule has 2 aliphatic heterocycles. The largest absolute Gasteiger partial charge is 0.857 e. The maximum Gasteiger partial charge on any atom is 0.249 e. The first-order valence-corrected chi connectivity index (χ1v) is 21.0. The molecule has 0 unspecified atom stereocenters. The zero-order chi connectivity index (χ0) is 39.3. The van der Waals surface area contributed by atoms with Crippen LogP contribution in [-0.4, -0.2) is 56.4 Å². The summed E-state index contributed by atoms with van der Waals surface area (Å²) in [5.74, 6) is -0.770. The topological polar surface area (TPSA) is 105 Å². The number of nitrogens with one attached hydrogen (secondary N) is 1. The van der Waals surface area contributed by atoms with Crippen molar-refractivity contribution in [2.24, 2.45) is 4.40 Å². The fourth-order valence-electron chi connectivity index (χ4n) is 8.72. The number of sulfonamides is 1. The van der Waals surface area contributed by atoms with Gasteiger partial charge >= 0.3 is 0 Å². The SMILES string of the molecule is CCNC(=O)CN1/C(=C/C=C2\CCCC(/C=C/C3=[N+](C/C([O-])=N\S(C)(=O)=O)c4ccc5ccccc5c4C3(C)C)=C2Cl)C(C)(C)c2c1ccc1ccccc21. The van der Waals surface area contributed by atoms with Gasteiger partial charge in [-0.1, -0.05) is 92.2 Å². The van der Waals surface area contributed by atoms with E-state index in [1.165, 1.54) is 10.9 Å². The van der Waals surface area contributed by atoms with Gasteiger partial charge in [0, 0.05) is 52.0 Å². The molecule has 1 aliphatic carbocycles. The summed E-state index contributed by atoms with van der Waals surface area (Å²) in [6.45, 7) is 11.2. The van der Waals surface area contributed by atoms with E-state index in [1.807, 2.05) is 54.0 Å². The summed E-state index contributed by atoms with van der Waals surface area (Å²) in [5, 5.41) is 21.2. The third-order valence-corrected chi connectivity index (χ3v) is 12.1. The Labute approximate surface area is 329 Å². The number of benzene rings is 4. The smallest absolute Gasteiger partial charge is 0.249 e. The van der Waals surface area contributed by atoms with E-state index in [0.717, 1.165) is 81.2 Å². The Hall–Kier alpha value is -4.99. The number of allylic oxidation sites excluding steroid dienone is 8. The first kappa shape index (κ1) is 38.3. The molecular weight excluding hydrogens is 728 g/mol. The van der Waals surface area contributed by atoms with Gasteiger partial charge in [-0.25, -0.2) is 8.42 Å². The van der Waals surface area contributed by atoms with E-state index in [0.29, 0.717) is 11.6 Å². The van der Waals surface area contributed by atoms with E-state index >= 15 is 0 Å². The van der Waals surface area contributed by atoms with E-state index in [1.54, 1.807) is 0 Å². The van der Waals surface area contributed by atoms with Gasteiger partial charge in [0.15, 0.2) is 12.3 Å². The number of rotatable bonds is 9. The third-order valence-electron chi connectivity index (χ3n) is 11.1. The molecule has 0 atom stereocenters. The molecule has 3 aliphatic rings. The summed E-state index contributed by atoms with van der Waals surface area (Å²) < 4.78 is 29.2. The first-order valence-electron chi connectivity index (χ1n) is 18.8. The van der Waals surface area contributed by atoms with Crippen molar-refractivity contribution in [3.8, 4) is 0 Å². The van der Waals surface area contributed by atoms with Crippen LogP contribution < -0.4 is 15.3 Å². The van der Waals surface area contributed by atoms with E-state index in [4.69, 9.17) is 11.6 Å². The highest BCUT2D eigenvalue weighted by Gasteiger charge is 2.46. The Bertz CT molecular complexity index is 2560. The number of nitrogens with zero attached hydrogens (tertiary/aromatic N) is 3. The number of hydrogen-bond donors (Lipinski definition) is 1. The minimum Gasteiger partial charge on any atom is -0.857 e. The lowest BCUT2D eigenvalue weighted by Crippen LogP contribution is -2.37. The van der Waals surface area contributed by atoms with E-state index in [2.05, 4.69) is 96.9 Å². The molecule has 4 aromatic carbocycles. The van der Waals surface area contributed by atoms with Crippen molar-refractivity contribution in [1.29, 1.82) is 0 Å². The molecule has 4 aromatic rings. The molecule has 7 rings (SSSR count). The highest BCUT2D eigenvalue weighted by atomic mass is 35.5. The number of carbonyl (C=O) groups is 1. The monoisotopic (exact) mass is 774 g/mol. The van der Waals surface area contributed by atoms with Gasteiger partial charge in [-0.3, -0.25) is 4.79 Å². The predicted molar refractivity (Wildman–Crippen MR) is 224 cm³/mol. The Morgan fingerprint density at radius 2 is 1.56 bits per heavy atom.